The average molecular weight is 409 g/mol. The van der Waals surface area contributed by atoms with Gasteiger partial charge in [0.25, 0.3) is 0 Å². The van der Waals surface area contributed by atoms with Gasteiger partial charge in [0.1, 0.15) is 29.3 Å². The summed E-state index contributed by atoms with van der Waals surface area (Å²) in [6.07, 6.45) is 0.165. The van der Waals surface area contributed by atoms with Crippen molar-refractivity contribution in [2.24, 2.45) is 0 Å². The van der Waals surface area contributed by atoms with E-state index in [0.717, 1.165) is 15.9 Å². The van der Waals surface area contributed by atoms with E-state index in [1.165, 1.54) is 0 Å². The van der Waals surface area contributed by atoms with Gasteiger partial charge in [0.05, 0.1) is 0 Å². The summed E-state index contributed by atoms with van der Waals surface area (Å²) in [6.45, 7) is 0. The molecule has 146 valence electrons. The lowest BCUT2D eigenvalue weighted by atomic mass is 10.1. The normalized spacial score (nSPS) is 11.1. The molecule has 0 aromatic heterocycles. The molecule has 0 saturated carbocycles. The third kappa shape index (κ3) is 3.87. The summed E-state index contributed by atoms with van der Waals surface area (Å²) in [5.74, 6) is -0.783. The number of rotatable bonds is 7. The zero-order valence-electron chi connectivity index (χ0n) is 16.5. The Bertz CT molecular complexity index is 1030. The molecule has 0 radical (unpaired) electrons. The molecule has 4 aromatic carbocycles. The van der Waals surface area contributed by atoms with Crippen molar-refractivity contribution in [3.63, 3.8) is 0 Å². The summed E-state index contributed by atoms with van der Waals surface area (Å²) in [4.78, 5) is 26.3. The molecule has 4 aromatic rings. The molecule has 0 heterocycles. The quantitative estimate of drug-likeness (QED) is 0.257. The van der Waals surface area contributed by atoms with Crippen LogP contribution in [0.5, 0.6) is 0 Å². The molecule has 0 aliphatic rings. The molecule has 0 aliphatic carbocycles. The lowest BCUT2D eigenvalue weighted by molar-refractivity contribution is -0.112. The van der Waals surface area contributed by atoms with Crippen LogP contribution in [0.3, 0.4) is 0 Å². The van der Waals surface area contributed by atoms with Gasteiger partial charge in [0, 0.05) is 5.56 Å². The van der Waals surface area contributed by atoms with Crippen molar-refractivity contribution in [1.29, 1.82) is 0 Å². The molecule has 0 amide bonds. The Hall–Kier alpha value is -3.35. The highest BCUT2D eigenvalue weighted by Crippen LogP contribution is 2.55. The van der Waals surface area contributed by atoms with E-state index in [-0.39, 0.29) is 11.9 Å². The van der Waals surface area contributed by atoms with Crippen LogP contribution in [-0.4, -0.2) is 17.7 Å². The molecule has 4 rings (SSSR count). The van der Waals surface area contributed by atoms with Crippen molar-refractivity contribution in [1.82, 2.24) is 0 Å². The van der Waals surface area contributed by atoms with E-state index < -0.39 is 13.0 Å². The average Bonchev–Trinajstić information content (AvgIpc) is 2.84. The van der Waals surface area contributed by atoms with Crippen molar-refractivity contribution >= 4 is 34.7 Å². The lowest BCUT2D eigenvalue weighted by Gasteiger charge is -2.26. The van der Waals surface area contributed by atoms with Gasteiger partial charge >= 0.3 is 0 Å². The van der Waals surface area contributed by atoms with E-state index in [2.05, 4.69) is 36.4 Å². The zero-order valence-corrected chi connectivity index (χ0v) is 17.4. The second-order valence-electron chi connectivity index (χ2n) is 7.09. The Morgan fingerprint density at radius 1 is 0.500 bits per heavy atom. The summed E-state index contributed by atoms with van der Waals surface area (Å²) >= 11 is 0. The predicted octanol–water partition coefficient (Wildman–Crippen LogP) is 4.43. The number of benzene rings is 4. The monoisotopic (exact) mass is 409 g/mol. The molecule has 2 nitrogen and oxygen atoms in total. The van der Waals surface area contributed by atoms with Gasteiger partial charge in [-0.15, -0.1) is 0 Å². The van der Waals surface area contributed by atoms with Crippen molar-refractivity contribution in [2.45, 2.75) is 0 Å². The molecule has 0 atom stereocenters. The maximum Gasteiger partial charge on any atom is 0.241 e. The minimum Gasteiger partial charge on any atom is -0.286 e. The number of hydrogen-bond acceptors (Lipinski definition) is 2. The van der Waals surface area contributed by atoms with Crippen LogP contribution in [-0.2, 0) is 4.79 Å². The van der Waals surface area contributed by atoms with Gasteiger partial charge in [0.15, 0.2) is 0 Å². The maximum atomic E-state index is 13.4. The fourth-order valence-electron chi connectivity index (χ4n) is 3.81. The van der Waals surface area contributed by atoms with Crippen LogP contribution in [0.4, 0.5) is 0 Å². The number of ketones is 2. The largest absolute Gasteiger partial charge is 0.286 e. The van der Waals surface area contributed by atoms with Gasteiger partial charge < -0.3 is 0 Å². The van der Waals surface area contributed by atoms with Crippen LogP contribution in [0.1, 0.15) is 10.4 Å². The van der Waals surface area contributed by atoms with E-state index >= 15 is 0 Å². The Morgan fingerprint density at radius 3 is 1.20 bits per heavy atom. The number of carbonyl (C=O) groups is 2. The van der Waals surface area contributed by atoms with Gasteiger partial charge in [0.2, 0.25) is 11.6 Å². The van der Waals surface area contributed by atoms with Crippen molar-refractivity contribution in [3.05, 3.63) is 127 Å². The molecule has 0 fully saturated rings. The highest BCUT2D eigenvalue weighted by Gasteiger charge is 2.48. The fraction of sp³-hybridized carbons (Fsp3) is 0.0370. The van der Waals surface area contributed by atoms with Gasteiger partial charge in [-0.3, -0.25) is 9.59 Å². The molecule has 0 N–H and O–H groups in total. The third-order valence-corrected chi connectivity index (χ3v) is 9.56. The predicted molar refractivity (Wildman–Crippen MR) is 126 cm³/mol. The van der Waals surface area contributed by atoms with Gasteiger partial charge in [-0.25, -0.2) is 0 Å². The van der Waals surface area contributed by atoms with Crippen LogP contribution in [0, 0.1) is 0 Å². The summed E-state index contributed by atoms with van der Waals surface area (Å²) in [5, 5.41) is 3.28. The Kier molecular flexibility index (Phi) is 5.97. The first-order chi connectivity index (χ1) is 14.7. The summed E-state index contributed by atoms with van der Waals surface area (Å²) in [6, 6.07) is 39.2. The Morgan fingerprint density at radius 2 is 0.833 bits per heavy atom. The fourth-order valence-corrected chi connectivity index (χ4v) is 7.87. The second-order valence-corrected chi connectivity index (χ2v) is 10.6. The number of carbonyl (C=O) groups excluding carboxylic acids is 2. The molecule has 0 aliphatic heterocycles. The molecular weight excluding hydrogens is 387 g/mol. The first-order valence-corrected chi connectivity index (χ1v) is 11.9. The summed E-state index contributed by atoms with van der Waals surface area (Å²) < 4.78 is 0. The van der Waals surface area contributed by atoms with Crippen molar-refractivity contribution in [3.8, 4) is 0 Å². The molecular formula is C27H22O2P+. The second kappa shape index (κ2) is 8.98. The molecule has 30 heavy (non-hydrogen) atoms. The topological polar surface area (TPSA) is 34.1 Å². The first-order valence-electron chi connectivity index (χ1n) is 9.89. The molecule has 0 unspecified atom stereocenters. The van der Waals surface area contributed by atoms with E-state index in [4.69, 9.17) is 0 Å². The first kappa shape index (κ1) is 19.9. The minimum atomic E-state index is -2.35. The van der Waals surface area contributed by atoms with Crippen molar-refractivity contribution < 1.29 is 9.59 Å². The Labute approximate surface area is 177 Å². The van der Waals surface area contributed by atoms with Gasteiger partial charge in [-0.1, -0.05) is 84.9 Å². The molecule has 0 bridgehead atoms. The highest BCUT2D eigenvalue weighted by molar-refractivity contribution is 7.96. The van der Waals surface area contributed by atoms with Crippen molar-refractivity contribution in [2.75, 3.05) is 6.16 Å². The van der Waals surface area contributed by atoms with Crippen LogP contribution < -0.4 is 15.9 Å². The van der Waals surface area contributed by atoms with E-state index in [1.54, 1.807) is 24.3 Å². The number of hydrogen-bond donors (Lipinski definition) is 0. The van der Waals surface area contributed by atoms with E-state index in [0.29, 0.717) is 5.56 Å². The van der Waals surface area contributed by atoms with Crippen LogP contribution in [0.15, 0.2) is 121 Å². The van der Waals surface area contributed by atoms with Crippen LogP contribution in [0.2, 0.25) is 0 Å². The van der Waals surface area contributed by atoms with Gasteiger partial charge in [-0.2, -0.15) is 0 Å². The zero-order chi connectivity index (χ0) is 20.8. The SMILES string of the molecule is O=C(C[P+](c1ccccc1)(c1ccccc1)c1ccccc1)C(=O)c1ccccc1. The van der Waals surface area contributed by atoms with E-state index in [1.807, 2.05) is 60.7 Å². The van der Waals surface area contributed by atoms with Crippen LogP contribution in [0.25, 0.3) is 0 Å². The smallest absolute Gasteiger partial charge is 0.241 e. The molecule has 3 heteroatoms. The molecule has 0 spiro atoms. The molecule has 0 saturated heterocycles. The highest BCUT2D eigenvalue weighted by atomic mass is 31.2. The summed E-state index contributed by atoms with van der Waals surface area (Å²) in [7, 11) is -2.35. The minimum absolute atomic E-state index is 0.165. The maximum absolute atomic E-state index is 13.4. The Balaban J connectivity index is 1.89. The van der Waals surface area contributed by atoms with Crippen LogP contribution >= 0.6 is 7.26 Å². The lowest BCUT2D eigenvalue weighted by Crippen LogP contribution is -2.37. The standard InChI is InChI=1S/C27H22O2P/c28-26(27(29)22-13-5-1-6-14-22)21-30(23-15-7-2-8-16-23,24-17-9-3-10-18-24)25-19-11-4-12-20-25/h1-20H,21H2/q+1. The van der Waals surface area contributed by atoms with Gasteiger partial charge in [-0.05, 0) is 36.4 Å². The summed E-state index contributed by atoms with van der Waals surface area (Å²) in [5.41, 5.74) is 0.440. The number of Topliss-reactive ketones (excluding diaryl/α,β-unsaturated/α-hetero) is 2. The third-order valence-electron chi connectivity index (χ3n) is 5.26. The van der Waals surface area contributed by atoms with E-state index in [9.17, 15) is 9.59 Å².